The van der Waals surface area contributed by atoms with Crippen molar-refractivity contribution in [3.63, 3.8) is 0 Å². The number of para-hydroxylation sites is 2. The second kappa shape index (κ2) is 9.79. The molecule has 0 aliphatic heterocycles. The highest BCUT2D eigenvalue weighted by Gasteiger charge is 2.18. The topological polar surface area (TPSA) is 88.9 Å². The molecule has 6 rings (SSSR count). The van der Waals surface area contributed by atoms with Crippen LogP contribution in [0.15, 0.2) is 120 Å². The lowest BCUT2D eigenvalue weighted by atomic mass is 10.2. The number of aromatic nitrogens is 5. The van der Waals surface area contributed by atoms with E-state index in [9.17, 15) is 4.79 Å². The largest absolute Gasteiger partial charge is 0.457 e. The van der Waals surface area contributed by atoms with E-state index in [-0.39, 0.29) is 5.56 Å². The van der Waals surface area contributed by atoms with Crippen LogP contribution in [0.1, 0.15) is 5.56 Å². The summed E-state index contributed by atoms with van der Waals surface area (Å²) in [6.45, 7) is 0.329. The minimum Gasteiger partial charge on any atom is -0.457 e. The molecule has 6 aromatic rings. The molecule has 0 fully saturated rings. The van der Waals surface area contributed by atoms with Crippen molar-refractivity contribution in [2.75, 3.05) is 4.90 Å². The fraction of sp³-hybridized carbons (Fsp3) is 0.0345. The Morgan fingerprint density at radius 3 is 2.38 bits per heavy atom. The molecule has 0 aliphatic carbocycles. The van der Waals surface area contributed by atoms with Crippen LogP contribution in [0.5, 0.6) is 11.5 Å². The van der Waals surface area contributed by atoms with E-state index < -0.39 is 0 Å². The van der Waals surface area contributed by atoms with E-state index >= 15 is 0 Å². The number of pyridine rings is 1. The van der Waals surface area contributed by atoms with Crippen LogP contribution in [0.3, 0.4) is 0 Å². The zero-order valence-corrected chi connectivity index (χ0v) is 19.7. The van der Waals surface area contributed by atoms with Crippen LogP contribution in [0.25, 0.3) is 11.0 Å². The standard InChI is InChI=1S/C29H22N6O2/c36-27-15-14-22-17-30-29(35(24-18-31-32-19-24)23-9-3-1-4-10-23)33-28(22)34(27)20-21-8-7-13-26(16-21)37-25-11-5-2-6-12-25/h1-19H,20H2,(H,31,32). The maximum atomic E-state index is 13.0. The molecule has 3 aromatic carbocycles. The average molecular weight is 487 g/mol. The highest BCUT2D eigenvalue weighted by atomic mass is 16.5. The lowest BCUT2D eigenvalue weighted by Gasteiger charge is -2.21. The van der Waals surface area contributed by atoms with Crippen LogP contribution in [-0.4, -0.2) is 24.7 Å². The first-order valence-electron chi connectivity index (χ1n) is 11.8. The highest BCUT2D eigenvalue weighted by Crippen LogP contribution is 2.31. The van der Waals surface area contributed by atoms with Gasteiger partial charge in [0, 0.05) is 29.5 Å². The molecule has 180 valence electrons. The van der Waals surface area contributed by atoms with Gasteiger partial charge in [-0.3, -0.25) is 19.4 Å². The minimum absolute atomic E-state index is 0.152. The van der Waals surface area contributed by atoms with E-state index in [2.05, 4.69) is 15.2 Å². The summed E-state index contributed by atoms with van der Waals surface area (Å²) >= 11 is 0. The summed E-state index contributed by atoms with van der Waals surface area (Å²) < 4.78 is 7.64. The number of aromatic amines is 1. The Hall–Kier alpha value is -5.24. The van der Waals surface area contributed by atoms with Crippen molar-refractivity contribution in [3.05, 3.63) is 132 Å². The SMILES string of the molecule is O=c1ccc2cnc(N(c3ccccc3)c3cn[nH]c3)nc2n1Cc1cccc(Oc2ccccc2)c1. The maximum absolute atomic E-state index is 13.0. The predicted molar refractivity (Wildman–Crippen MR) is 143 cm³/mol. The molecule has 0 saturated carbocycles. The van der Waals surface area contributed by atoms with Crippen molar-refractivity contribution in [1.29, 1.82) is 0 Å². The molecule has 0 bridgehead atoms. The minimum atomic E-state index is -0.152. The van der Waals surface area contributed by atoms with Crippen molar-refractivity contribution in [2.45, 2.75) is 6.54 Å². The number of benzene rings is 3. The molecular weight excluding hydrogens is 464 g/mol. The summed E-state index contributed by atoms with van der Waals surface area (Å²) in [6, 6.07) is 30.4. The molecule has 0 radical (unpaired) electrons. The number of hydrogen-bond donors (Lipinski definition) is 1. The Morgan fingerprint density at radius 1 is 0.811 bits per heavy atom. The van der Waals surface area contributed by atoms with Crippen molar-refractivity contribution in [2.24, 2.45) is 0 Å². The van der Waals surface area contributed by atoms with Gasteiger partial charge < -0.3 is 4.74 Å². The third kappa shape index (κ3) is 4.68. The summed E-state index contributed by atoms with van der Waals surface area (Å²) in [5.74, 6) is 1.88. The summed E-state index contributed by atoms with van der Waals surface area (Å²) in [5.41, 5.74) is 2.95. The van der Waals surface area contributed by atoms with Gasteiger partial charge in [0.15, 0.2) is 0 Å². The number of rotatable bonds is 7. The fourth-order valence-electron chi connectivity index (χ4n) is 4.16. The van der Waals surface area contributed by atoms with Crippen LogP contribution in [0, 0.1) is 0 Å². The Morgan fingerprint density at radius 2 is 1.59 bits per heavy atom. The molecule has 3 aromatic heterocycles. The first-order valence-corrected chi connectivity index (χ1v) is 11.8. The number of anilines is 3. The Bertz CT molecular complexity index is 1700. The van der Waals surface area contributed by atoms with Crippen molar-refractivity contribution >= 4 is 28.4 Å². The molecule has 8 nitrogen and oxygen atoms in total. The first kappa shape index (κ1) is 22.2. The van der Waals surface area contributed by atoms with E-state index in [1.165, 1.54) is 0 Å². The third-order valence-electron chi connectivity index (χ3n) is 5.88. The summed E-state index contributed by atoms with van der Waals surface area (Å²) in [6.07, 6.45) is 5.21. The van der Waals surface area contributed by atoms with Gasteiger partial charge in [-0.15, -0.1) is 0 Å². The Labute approximate surface area is 212 Å². The molecule has 1 N–H and O–H groups in total. The molecule has 0 atom stereocenters. The van der Waals surface area contributed by atoms with Gasteiger partial charge in [-0.25, -0.2) is 4.98 Å². The van der Waals surface area contributed by atoms with E-state index in [1.54, 1.807) is 35.3 Å². The smallest absolute Gasteiger partial charge is 0.252 e. The predicted octanol–water partition coefficient (Wildman–Crippen LogP) is 5.83. The number of fused-ring (bicyclic) bond motifs is 1. The fourth-order valence-corrected chi connectivity index (χ4v) is 4.16. The van der Waals surface area contributed by atoms with Crippen molar-refractivity contribution < 1.29 is 4.74 Å². The van der Waals surface area contributed by atoms with Gasteiger partial charge in [-0.1, -0.05) is 48.5 Å². The lowest BCUT2D eigenvalue weighted by molar-refractivity contribution is 0.481. The number of hydrogen-bond acceptors (Lipinski definition) is 6. The molecule has 0 aliphatic rings. The van der Waals surface area contributed by atoms with Gasteiger partial charge >= 0.3 is 0 Å². The average Bonchev–Trinajstić information content (AvgIpc) is 3.46. The zero-order valence-electron chi connectivity index (χ0n) is 19.7. The second-order valence-electron chi connectivity index (χ2n) is 8.40. The van der Waals surface area contributed by atoms with Gasteiger partial charge in [0.25, 0.3) is 5.56 Å². The van der Waals surface area contributed by atoms with Crippen LogP contribution < -0.4 is 15.2 Å². The summed E-state index contributed by atoms with van der Waals surface area (Å²) in [5, 5.41) is 7.71. The van der Waals surface area contributed by atoms with Crippen molar-refractivity contribution in [1.82, 2.24) is 24.7 Å². The van der Waals surface area contributed by atoms with E-state index in [0.29, 0.717) is 23.9 Å². The first-order chi connectivity index (χ1) is 18.2. The molecule has 0 saturated heterocycles. The van der Waals surface area contributed by atoms with Gasteiger partial charge in [0.2, 0.25) is 5.95 Å². The Balaban J connectivity index is 1.40. The molecule has 37 heavy (non-hydrogen) atoms. The normalized spacial score (nSPS) is 10.9. The number of ether oxygens (including phenoxy) is 1. The van der Waals surface area contributed by atoms with Crippen LogP contribution in [0.2, 0.25) is 0 Å². The van der Waals surface area contributed by atoms with Crippen LogP contribution >= 0.6 is 0 Å². The quantitative estimate of drug-likeness (QED) is 0.306. The van der Waals surface area contributed by atoms with Crippen LogP contribution in [-0.2, 0) is 6.54 Å². The van der Waals surface area contributed by atoms with Gasteiger partial charge in [-0.05, 0) is 48.0 Å². The zero-order chi connectivity index (χ0) is 25.0. The number of nitrogens with zero attached hydrogens (tertiary/aromatic N) is 5. The van der Waals surface area contributed by atoms with Crippen molar-refractivity contribution in [3.8, 4) is 11.5 Å². The molecule has 3 heterocycles. The molecule has 0 spiro atoms. The van der Waals surface area contributed by atoms with Gasteiger partial charge in [0.1, 0.15) is 17.1 Å². The van der Waals surface area contributed by atoms with Gasteiger partial charge in [0.05, 0.1) is 18.4 Å². The molecular formula is C29H22N6O2. The maximum Gasteiger partial charge on any atom is 0.252 e. The van der Waals surface area contributed by atoms with E-state index in [0.717, 1.165) is 28.1 Å². The van der Waals surface area contributed by atoms with Gasteiger partial charge in [-0.2, -0.15) is 10.1 Å². The van der Waals surface area contributed by atoms with Crippen LogP contribution in [0.4, 0.5) is 17.3 Å². The Kier molecular flexibility index (Phi) is 5.88. The molecule has 8 heteroatoms. The number of nitrogens with one attached hydrogen (secondary N) is 1. The molecule has 0 unspecified atom stereocenters. The highest BCUT2D eigenvalue weighted by molar-refractivity contribution is 5.78. The summed E-state index contributed by atoms with van der Waals surface area (Å²) in [4.78, 5) is 24.4. The summed E-state index contributed by atoms with van der Waals surface area (Å²) in [7, 11) is 0. The van der Waals surface area contributed by atoms with E-state index in [1.807, 2.05) is 89.8 Å². The third-order valence-corrected chi connectivity index (χ3v) is 5.88. The number of H-pyrrole nitrogens is 1. The molecule has 0 amide bonds. The monoisotopic (exact) mass is 486 g/mol. The van der Waals surface area contributed by atoms with E-state index in [4.69, 9.17) is 9.72 Å². The lowest BCUT2D eigenvalue weighted by Crippen LogP contribution is -2.22. The second-order valence-corrected chi connectivity index (χ2v) is 8.40.